The molecule has 0 amide bonds. The Hall–Kier alpha value is -6.98. The molecule has 43 atom stereocenters. The average molecular weight is 2080 g/mol. The molecule has 12 unspecified atom stereocenters. The van der Waals surface area contributed by atoms with E-state index in [1.54, 1.807) is 45.9 Å². The van der Waals surface area contributed by atoms with Crippen molar-refractivity contribution < 1.29 is 143 Å². The third kappa shape index (κ3) is 12.6. The van der Waals surface area contributed by atoms with E-state index in [9.17, 15) is 95.2 Å². The zero-order valence-electron chi connectivity index (χ0n) is 92.1. The van der Waals surface area contributed by atoms with Gasteiger partial charge in [-0.25, -0.2) is 0 Å². The van der Waals surface area contributed by atoms with Gasteiger partial charge < -0.3 is 114 Å². The molecule has 0 aromatic carbocycles. The summed E-state index contributed by atoms with van der Waals surface area (Å²) in [5.74, 6) is -0.855. The lowest BCUT2D eigenvalue weighted by Gasteiger charge is -2.64. The Balaban J connectivity index is 0.000000117. The Labute approximate surface area is 882 Å². The predicted molar refractivity (Wildman–Crippen MR) is 549 cm³/mol. The number of ether oxygens (including phenoxy) is 10. The van der Waals surface area contributed by atoms with Crippen LogP contribution in [-0.2, 0) is 76.1 Å². The third-order valence-corrected chi connectivity index (χ3v) is 49.8. The van der Waals surface area contributed by atoms with Crippen LogP contribution in [-0.4, -0.2) is 258 Å². The SMILES string of the molecule is C=C1OC([C@](C)(O)[C@]2(O)CC[C@@]3(O)C4C[C@H]5O[C@]56CC=CC(=O)[C@]6(C)C4CC[C@]23CC)CC(C)=C1C.C=C1OC([C@](C)(O)[C@]2(O)CC[C@@]3(O)C4C[C@H]5O[C@]56[C@@H](OC(C)=O)C=CC(=O)[C@]6(C)C4CC[C@]23C)CC(C)=C1C.C=C1OC([C@](C)(O)[C@]2(O)CC[C@@]3(O)C4C[C@H]5O[C@]56[C@H](O)C=CC(=O)[C@]6(C)C4CC[C@]23C)CC(C)=C1C.C=C1OC([C@](C)(O)[C@]2(O)CC[C@@]3(O)C4C[C@H]5O[C@]56[C@H](OC(C)=O)C=CC(=O)[C@]6(C)C4CC[C@]23C)CC(C)=C1C. The van der Waals surface area contributed by atoms with E-state index >= 15 is 0 Å². The van der Waals surface area contributed by atoms with Crippen molar-refractivity contribution in [1.82, 2.24) is 0 Å². The van der Waals surface area contributed by atoms with Gasteiger partial charge in [-0.3, -0.25) is 28.8 Å². The monoisotopic (exact) mass is 2080 g/mol. The molecule has 8 heterocycles. The number of allylic oxidation sites excluding steroid dienone is 8. The molecule has 0 bridgehead atoms. The van der Waals surface area contributed by atoms with E-state index in [1.807, 2.05) is 117 Å². The Morgan fingerprint density at radius 1 is 0.367 bits per heavy atom. The van der Waals surface area contributed by atoms with E-state index in [2.05, 4.69) is 26.3 Å². The molecule has 16 aliphatic carbocycles. The Morgan fingerprint density at radius 2 is 0.647 bits per heavy atom. The lowest BCUT2D eigenvalue weighted by Crippen LogP contribution is -2.73. The van der Waals surface area contributed by atoms with Gasteiger partial charge in [-0.05, 0) is 364 Å². The number of fused-ring (bicyclic) bond motifs is 16. The predicted octanol–water partition coefficient (Wildman–Crippen LogP) is 13.4. The maximum atomic E-state index is 13.6. The number of hydrogen-bond acceptors (Lipinski definition) is 29. The molecule has 8 aliphatic heterocycles. The van der Waals surface area contributed by atoms with Crippen molar-refractivity contribution in [3.05, 3.63) is 143 Å². The minimum absolute atomic E-state index is 0.0239. The number of rotatable bonds is 11. The molecule has 24 aliphatic rings. The van der Waals surface area contributed by atoms with Gasteiger partial charge in [0.05, 0.1) is 68.5 Å². The van der Waals surface area contributed by atoms with Gasteiger partial charge in [-0.15, -0.1) is 0 Å². The summed E-state index contributed by atoms with van der Waals surface area (Å²) in [4.78, 5) is 77.8. The number of carbonyl (C=O) groups excluding carboxylic acids is 6. The van der Waals surface area contributed by atoms with Crippen molar-refractivity contribution in [2.75, 3.05) is 0 Å². The van der Waals surface area contributed by atoms with Crippen LogP contribution >= 0.6 is 0 Å². The van der Waals surface area contributed by atoms with Gasteiger partial charge in [-0.2, -0.15) is 0 Å². The summed E-state index contributed by atoms with van der Waals surface area (Å²) >= 11 is 0. The van der Waals surface area contributed by atoms with Gasteiger partial charge in [0.15, 0.2) is 35.3 Å². The Kier molecular flexibility index (Phi) is 24.0. The zero-order chi connectivity index (χ0) is 109. The second-order valence-electron chi connectivity index (χ2n) is 53.8. The smallest absolute Gasteiger partial charge is 0.303 e. The molecule has 24 rings (SSSR count). The van der Waals surface area contributed by atoms with Crippen LogP contribution in [0.15, 0.2) is 143 Å². The number of carbonyl (C=O) groups is 6. The van der Waals surface area contributed by atoms with E-state index in [-0.39, 0.29) is 133 Å². The lowest BCUT2D eigenvalue weighted by atomic mass is 9.41. The summed E-state index contributed by atoms with van der Waals surface area (Å²) in [5, 5.41) is 160. The van der Waals surface area contributed by atoms with Gasteiger partial charge in [0, 0.05) is 61.2 Å². The molecule has 29 heteroatoms. The van der Waals surface area contributed by atoms with E-state index in [4.69, 9.17) is 47.4 Å². The van der Waals surface area contributed by atoms with E-state index in [0.29, 0.717) is 145 Å². The number of esters is 2. The van der Waals surface area contributed by atoms with Crippen molar-refractivity contribution in [2.45, 2.75) is 476 Å². The highest BCUT2D eigenvalue weighted by Gasteiger charge is 2.91. The molecule has 150 heavy (non-hydrogen) atoms. The summed E-state index contributed by atoms with van der Waals surface area (Å²) in [6.07, 6.45) is 18.5. The summed E-state index contributed by atoms with van der Waals surface area (Å²) in [6.45, 7) is 56.5. The minimum Gasteiger partial charge on any atom is -0.487 e. The van der Waals surface area contributed by atoms with Crippen LogP contribution in [0.4, 0.5) is 0 Å². The lowest BCUT2D eigenvalue weighted by molar-refractivity contribution is -0.288. The maximum absolute atomic E-state index is 13.6. The second kappa shape index (κ2) is 33.1. The first-order chi connectivity index (χ1) is 69.4. The fraction of sp³-hybridized carbons (Fsp3) is 0.752. The fourth-order valence-electron chi connectivity index (χ4n) is 39.1. The molecule has 4 saturated heterocycles. The number of aliphatic hydroxyl groups is 13. The zero-order valence-corrected chi connectivity index (χ0v) is 92.1. The van der Waals surface area contributed by atoms with Gasteiger partial charge in [0.25, 0.3) is 0 Å². The molecule has 13 N–H and O–H groups in total. The third-order valence-electron chi connectivity index (χ3n) is 49.8. The summed E-state index contributed by atoms with van der Waals surface area (Å²) < 4.78 is 60.7. The Morgan fingerprint density at radius 3 is 0.987 bits per heavy atom. The first-order valence-electron chi connectivity index (χ1n) is 55.8. The standard InChI is InChI=1S/2C31H42O8.C30H42O6.C29H40O7/c2*1-16-14-24(37-18(3)17(16)2)28(7,34)30(36)13-12-29(35)21-15-25-31(39-25)23(38-19(4)32)9-8-22(33)27(31,6)20(21)10-11-26(29,30)5;1-7-27-12-10-20-21(16-24-29(36-24)11-8-9-22(31)25(20,29)5)28(27,33)13-14-30(27,34)26(6,32)23-15-17(2)18(3)19(4)35-23;1-15-13-22(35-17(3)16(15)2)26(6,32)28(34)12-11-27(33)19-14-23-29(36-23)21(31)8-7-20(30)25(29,5)18(19)9-10-24(27,28)4/h2*8-9,20-21,23-25,34-36H,3,10-15H2,1-2,4-7H3;8-9,20-21,23-24,32-34H,4,7,10-16H2,1-3,5-6H3;7-8,18-19,21-23,31-34H,3,9-14H2,1-2,4-6H3/t20?,21?,23-,24?,25+,26-,27-,28-,29+,30-,31+;20?,21?,23-,24?,25-,26+,27+,28+,29-,30+,31-;20?,21?,23?,24-,25+,26+,27+,28-,29-,30-;18?,19?,21-,22?,23-,24+,25+,26+,27-,28+,29-/m0111/s1. The van der Waals surface area contributed by atoms with Crippen LogP contribution in [0.1, 0.15) is 319 Å². The van der Waals surface area contributed by atoms with Crippen LogP contribution < -0.4 is 0 Å². The van der Waals surface area contributed by atoms with Crippen LogP contribution in [0.3, 0.4) is 0 Å². The van der Waals surface area contributed by atoms with E-state index in [0.717, 1.165) is 51.0 Å². The second-order valence-corrected chi connectivity index (χ2v) is 53.8. The highest BCUT2D eigenvalue weighted by molar-refractivity contribution is 6.00. The molecule has 29 nitrogen and oxygen atoms in total. The average Bonchev–Trinajstić information content (AvgIpc) is 1.48. The molecule has 824 valence electrons. The first-order valence-corrected chi connectivity index (χ1v) is 55.8. The van der Waals surface area contributed by atoms with Gasteiger partial charge in [0.1, 0.15) is 121 Å². The Bertz CT molecular complexity index is 5950. The summed E-state index contributed by atoms with van der Waals surface area (Å²) in [7, 11) is 0. The molecule has 4 spiro atoms. The number of aliphatic hydroxyl groups excluding tert-OH is 1. The van der Waals surface area contributed by atoms with E-state index in [1.165, 1.54) is 38.2 Å². The van der Waals surface area contributed by atoms with Crippen molar-refractivity contribution in [3.8, 4) is 0 Å². The summed E-state index contributed by atoms with van der Waals surface area (Å²) in [6, 6.07) is 0. The number of epoxide rings is 4. The first kappa shape index (κ1) is 109. The van der Waals surface area contributed by atoms with Crippen molar-refractivity contribution >= 4 is 35.1 Å². The van der Waals surface area contributed by atoms with Crippen LogP contribution in [0.25, 0.3) is 0 Å². The van der Waals surface area contributed by atoms with Crippen molar-refractivity contribution in [3.63, 3.8) is 0 Å². The van der Waals surface area contributed by atoms with Gasteiger partial charge >= 0.3 is 11.9 Å². The largest absolute Gasteiger partial charge is 0.487 e. The summed E-state index contributed by atoms with van der Waals surface area (Å²) in [5.41, 5.74) is -21.1. The topological polar surface area (TPSA) is 471 Å². The van der Waals surface area contributed by atoms with Crippen LogP contribution in [0, 0.1) is 90.7 Å². The highest BCUT2D eigenvalue weighted by atomic mass is 16.7. The fourth-order valence-corrected chi connectivity index (χ4v) is 39.1. The van der Waals surface area contributed by atoms with E-state index < -0.39 is 188 Å². The van der Waals surface area contributed by atoms with Crippen LogP contribution in [0.5, 0.6) is 0 Å². The minimum atomic E-state index is -1.67. The normalized spacial score (nSPS) is 52.9. The maximum Gasteiger partial charge on any atom is 0.303 e. The quantitative estimate of drug-likeness (QED) is 0.0675. The van der Waals surface area contributed by atoms with Crippen molar-refractivity contribution in [1.29, 1.82) is 0 Å². The molecule has 12 saturated carbocycles. The molecular weight excluding hydrogens is 1920 g/mol. The molecule has 0 radical (unpaired) electrons. The van der Waals surface area contributed by atoms with Gasteiger partial charge in [-0.1, -0.05) is 82.4 Å². The van der Waals surface area contributed by atoms with Crippen molar-refractivity contribution in [2.24, 2.45) is 90.7 Å². The molecule has 16 fully saturated rings. The highest BCUT2D eigenvalue weighted by Crippen LogP contribution is 2.83. The molecule has 0 aromatic heterocycles. The van der Waals surface area contributed by atoms with Crippen LogP contribution in [0.2, 0.25) is 0 Å². The van der Waals surface area contributed by atoms with Gasteiger partial charge in [0.2, 0.25) is 0 Å². The molecule has 0 aromatic rings. The number of ketones is 4. The number of hydrogen-bond donors (Lipinski definition) is 13. The molecular formula is C121H166O29.